The summed E-state index contributed by atoms with van der Waals surface area (Å²) in [7, 11) is -3.22. The van der Waals surface area contributed by atoms with Gasteiger partial charge < -0.3 is 5.32 Å². The van der Waals surface area contributed by atoms with E-state index in [1.54, 1.807) is 6.07 Å². The first-order chi connectivity index (χ1) is 8.55. The molecule has 0 aliphatic heterocycles. The minimum atomic E-state index is -3.22. The summed E-state index contributed by atoms with van der Waals surface area (Å²) in [6.45, 7) is 0.776. The molecule has 1 aliphatic rings. The molecule has 0 saturated heterocycles. The fourth-order valence-electron chi connectivity index (χ4n) is 1.64. The van der Waals surface area contributed by atoms with Gasteiger partial charge in [0, 0.05) is 15.3 Å². The first-order valence-electron chi connectivity index (χ1n) is 6.05. The van der Waals surface area contributed by atoms with Gasteiger partial charge in [0.1, 0.15) is 0 Å². The standard InChI is InChI=1S/C12H17IN2O2S/c13-10-3-1-4-12(9-10)15-18(16,17)8-2-7-14-11-5-6-11/h1,3-4,9,11,14-15H,2,5-8H2. The van der Waals surface area contributed by atoms with Gasteiger partial charge in [0.05, 0.1) is 5.75 Å². The molecule has 0 radical (unpaired) electrons. The summed E-state index contributed by atoms with van der Waals surface area (Å²) in [5.74, 6) is 0.165. The van der Waals surface area contributed by atoms with E-state index < -0.39 is 10.0 Å². The van der Waals surface area contributed by atoms with Crippen LogP contribution in [0.4, 0.5) is 5.69 Å². The minimum Gasteiger partial charge on any atom is -0.314 e. The van der Waals surface area contributed by atoms with Gasteiger partial charge in [-0.25, -0.2) is 8.42 Å². The number of sulfonamides is 1. The Morgan fingerprint density at radius 3 is 2.78 bits per heavy atom. The van der Waals surface area contributed by atoms with Crippen molar-refractivity contribution in [3.05, 3.63) is 27.8 Å². The topological polar surface area (TPSA) is 58.2 Å². The van der Waals surface area contributed by atoms with Crippen molar-refractivity contribution in [3.8, 4) is 0 Å². The average Bonchev–Trinajstić information content (AvgIpc) is 3.07. The van der Waals surface area contributed by atoms with Crippen LogP contribution in [-0.2, 0) is 10.0 Å². The Bertz CT molecular complexity index is 501. The Kier molecular flexibility index (Phi) is 4.85. The molecule has 1 fully saturated rings. The van der Waals surface area contributed by atoms with E-state index in [1.807, 2.05) is 18.2 Å². The fraction of sp³-hybridized carbons (Fsp3) is 0.500. The van der Waals surface area contributed by atoms with Crippen molar-refractivity contribution in [3.63, 3.8) is 0 Å². The van der Waals surface area contributed by atoms with Crippen LogP contribution in [0.1, 0.15) is 19.3 Å². The van der Waals surface area contributed by atoms with Crippen molar-refractivity contribution in [2.45, 2.75) is 25.3 Å². The van der Waals surface area contributed by atoms with Crippen molar-refractivity contribution in [2.75, 3.05) is 17.0 Å². The number of rotatable bonds is 7. The summed E-state index contributed by atoms with van der Waals surface area (Å²) in [5.41, 5.74) is 0.636. The number of anilines is 1. The molecule has 1 saturated carbocycles. The Morgan fingerprint density at radius 2 is 2.11 bits per heavy atom. The second-order valence-corrected chi connectivity index (χ2v) is 7.60. The zero-order valence-corrected chi connectivity index (χ0v) is 13.0. The van der Waals surface area contributed by atoms with E-state index in [1.165, 1.54) is 12.8 Å². The molecule has 4 nitrogen and oxygen atoms in total. The van der Waals surface area contributed by atoms with E-state index in [0.717, 1.165) is 10.1 Å². The molecule has 2 rings (SSSR count). The third-order valence-electron chi connectivity index (χ3n) is 2.70. The SMILES string of the molecule is O=S(=O)(CCCNC1CC1)Nc1cccc(I)c1. The van der Waals surface area contributed by atoms with Crippen LogP contribution in [0.25, 0.3) is 0 Å². The molecule has 1 aromatic carbocycles. The van der Waals surface area contributed by atoms with Gasteiger partial charge >= 0.3 is 0 Å². The van der Waals surface area contributed by atoms with E-state index >= 15 is 0 Å². The Hall–Kier alpha value is -0.340. The maximum absolute atomic E-state index is 11.8. The number of benzene rings is 1. The van der Waals surface area contributed by atoms with Crippen molar-refractivity contribution >= 4 is 38.3 Å². The highest BCUT2D eigenvalue weighted by Gasteiger charge is 2.20. The Balaban J connectivity index is 1.78. The van der Waals surface area contributed by atoms with Gasteiger partial charge in [-0.15, -0.1) is 0 Å². The molecule has 2 N–H and O–H groups in total. The van der Waals surface area contributed by atoms with E-state index in [0.29, 0.717) is 18.2 Å². The summed E-state index contributed by atoms with van der Waals surface area (Å²) in [4.78, 5) is 0. The smallest absolute Gasteiger partial charge is 0.232 e. The first-order valence-corrected chi connectivity index (χ1v) is 8.78. The molecular weight excluding hydrogens is 363 g/mol. The van der Waals surface area contributed by atoms with Crippen LogP contribution in [-0.4, -0.2) is 26.8 Å². The number of hydrogen-bond donors (Lipinski definition) is 2. The van der Waals surface area contributed by atoms with Gasteiger partial charge in [-0.3, -0.25) is 4.72 Å². The van der Waals surface area contributed by atoms with Gasteiger partial charge in [-0.05, 0) is 66.6 Å². The molecule has 1 aromatic rings. The average molecular weight is 380 g/mol. The Labute approximate surface area is 122 Å². The van der Waals surface area contributed by atoms with Crippen LogP contribution in [0.5, 0.6) is 0 Å². The van der Waals surface area contributed by atoms with Gasteiger partial charge in [0.15, 0.2) is 0 Å². The summed E-state index contributed by atoms with van der Waals surface area (Å²) in [6.07, 6.45) is 3.11. The van der Waals surface area contributed by atoms with E-state index in [4.69, 9.17) is 0 Å². The van der Waals surface area contributed by atoms with Gasteiger partial charge in [0.25, 0.3) is 0 Å². The lowest BCUT2D eigenvalue weighted by Gasteiger charge is -2.08. The highest BCUT2D eigenvalue weighted by molar-refractivity contribution is 14.1. The lowest BCUT2D eigenvalue weighted by molar-refractivity contribution is 0.593. The molecule has 0 atom stereocenters. The molecule has 0 bridgehead atoms. The molecule has 0 aromatic heterocycles. The predicted octanol–water partition coefficient (Wildman–Crippen LogP) is 2.17. The summed E-state index contributed by atoms with van der Waals surface area (Å²) >= 11 is 2.16. The van der Waals surface area contributed by atoms with Gasteiger partial charge in [-0.1, -0.05) is 6.07 Å². The van der Waals surface area contributed by atoms with E-state index in [9.17, 15) is 8.42 Å². The highest BCUT2D eigenvalue weighted by atomic mass is 127. The van der Waals surface area contributed by atoms with E-state index in [-0.39, 0.29) is 5.75 Å². The maximum atomic E-state index is 11.8. The van der Waals surface area contributed by atoms with Crippen molar-refractivity contribution in [1.82, 2.24) is 5.32 Å². The van der Waals surface area contributed by atoms with Crippen LogP contribution >= 0.6 is 22.6 Å². The van der Waals surface area contributed by atoms with Crippen molar-refractivity contribution in [1.29, 1.82) is 0 Å². The lowest BCUT2D eigenvalue weighted by atomic mass is 10.3. The van der Waals surface area contributed by atoms with Crippen LogP contribution in [0.15, 0.2) is 24.3 Å². The second kappa shape index (κ2) is 6.21. The molecule has 100 valence electrons. The molecular formula is C12H17IN2O2S. The molecule has 18 heavy (non-hydrogen) atoms. The predicted molar refractivity (Wildman–Crippen MR) is 82.2 cm³/mol. The third-order valence-corrected chi connectivity index (χ3v) is 4.74. The monoisotopic (exact) mass is 380 g/mol. The molecule has 1 aliphatic carbocycles. The summed E-state index contributed by atoms with van der Waals surface area (Å²) in [5, 5.41) is 3.31. The first kappa shape index (κ1) is 14.1. The van der Waals surface area contributed by atoms with Crippen molar-refractivity contribution < 1.29 is 8.42 Å². The lowest BCUT2D eigenvalue weighted by Crippen LogP contribution is -2.23. The van der Waals surface area contributed by atoms with Crippen LogP contribution in [0.2, 0.25) is 0 Å². The molecule has 0 amide bonds. The van der Waals surface area contributed by atoms with Gasteiger partial charge in [0.2, 0.25) is 10.0 Å². The Morgan fingerprint density at radius 1 is 1.33 bits per heavy atom. The zero-order valence-electron chi connectivity index (χ0n) is 10.0. The normalized spacial score (nSPS) is 15.6. The number of nitrogens with one attached hydrogen (secondary N) is 2. The third kappa shape index (κ3) is 5.11. The quantitative estimate of drug-likeness (QED) is 0.563. The molecule has 0 heterocycles. The fourth-order valence-corrected chi connectivity index (χ4v) is 3.29. The molecule has 6 heteroatoms. The summed E-state index contributed by atoms with van der Waals surface area (Å²) in [6, 6.07) is 7.99. The maximum Gasteiger partial charge on any atom is 0.232 e. The minimum absolute atomic E-state index is 0.165. The summed E-state index contributed by atoms with van der Waals surface area (Å²) < 4.78 is 27.3. The number of hydrogen-bond acceptors (Lipinski definition) is 3. The zero-order chi connectivity index (χ0) is 13.0. The highest BCUT2D eigenvalue weighted by Crippen LogP contribution is 2.18. The van der Waals surface area contributed by atoms with Gasteiger partial charge in [-0.2, -0.15) is 0 Å². The second-order valence-electron chi connectivity index (χ2n) is 4.51. The number of halogens is 1. The van der Waals surface area contributed by atoms with Crippen LogP contribution < -0.4 is 10.0 Å². The van der Waals surface area contributed by atoms with Crippen molar-refractivity contribution in [2.24, 2.45) is 0 Å². The van der Waals surface area contributed by atoms with E-state index in [2.05, 4.69) is 32.6 Å². The molecule has 0 unspecified atom stereocenters. The largest absolute Gasteiger partial charge is 0.314 e. The van der Waals surface area contributed by atoms with Crippen LogP contribution in [0.3, 0.4) is 0 Å². The molecule has 0 spiro atoms. The van der Waals surface area contributed by atoms with Crippen LogP contribution in [0, 0.1) is 3.57 Å².